The minimum Gasteiger partial charge on any atom is -0.481 e. The normalized spacial score (nSPS) is 12.0. The molecule has 0 aliphatic rings. The predicted molar refractivity (Wildman–Crippen MR) is 101 cm³/mol. The fraction of sp³-hybridized carbons (Fsp3) is 0.190. The first kappa shape index (κ1) is 18.4. The number of nitrogens with two attached hydrogens (primary N) is 1. The summed E-state index contributed by atoms with van der Waals surface area (Å²) in [5, 5.41) is 10.2. The van der Waals surface area contributed by atoms with Crippen molar-refractivity contribution in [1.29, 1.82) is 0 Å². The van der Waals surface area contributed by atoms with Gasteiger partial charge in [-0.2, -0.15) is 0 Å². The Kier molecular flexibility index (Phi) is 5.35. The predicted octanol–water partition coefficient (Wildman–Crippen LogP) is 2.47. The number of carboxylic acid groups (broad SMARTS) is 1. The van der Waals surface area contributed by atoms with E-state index in [0.717, 1.165) is 22.0 Å². The molecule has 0 bridgehead atoms. The van der Waals surface area contributed by atoms with E-state index in [1.165, 1.54) is 0 Å². The van der Waals surface area contributed by atoms with Gasteiger partial charge in [0.15, 0.2) is 0 Å². The number of aldehydes is 1. The van der Waals surface area contributed by atoms with E-state index < -0.39 is 17.8 Å². The summed E-state index contributed by atoms with van der Waals surface area (Å²) < 4.78 is 2.02. The summed E-state index contributed by atoms with van der Waals surface area (Å²) in [6, 6.07) is 15.2. The van der Waals surface area contributed by atoms with E-state index in [1.807, 2.05) is 47.2 Å². The van der Waals surface area contributed by atoms with E-state index in [2.05, 4.69) is 0 Å². The second kappa shape index (κ2) is 7.86. The highest BCUT2D eigenvalue weighted by Crippen LogP contribution is 2.28. The van der Waals surface area contributed by atoms with Crippen LogP contribution >= 0.6 is 0 Å². The third kappa shape index (κ3) is 4.06. The number of nitrogens with zero attached hydrogens (tertiary/aromatic N) is 1. The zero-order valence-corrected chi connectivity index (χ0v) is 14.7. The first-order valence-corrected chi connectivity index (χ1v) is 8.60. The zero-order valence-electron chi connectivity index (χ0n) is 14.7. The Morgan fingerprint density at radius 3 is 2.52 bits per heavy atom. The van der Waals surface area contributed by atoms with Crippen LogP contribution in [0.4, 0.5) is 0 Å². The SMILES string of the molecule is NC(=O)Cc1cn(Cc2ccccc2)c2ccc(C(CC=O)C(=O)O)cc12. The summed E-state index contributed by atoms with van der Waals surface area (Å²) in [5.74, 6) is -2.42. The lowest BCUT2D eigenvalue weighted by atomic mass is 9.94. The summed E-state index contributed by atoms with van der Waals surface area (Å²) in [5.41, 5.74) is 8.64. The van der Waals surface area contributed by atoms with Gasteiger partial charge < -0.3 is 20.2 Å². The molecular formula is C21H20N2O4. The number of aliphatic carboxylic acids is 1. The Morgan fingerprint density at radius 1 is 1.15 bits per heavy atom. The first-order chi connectivity index (χ1) is 13.0. The van der Waals surface area contributed by atoms with Crippen molar-refractivity contribution in [2.24, 2.45) is 5.73 Å². The molecule has 0 saturated heterocycles. The number of amides is 1. The van der Waals surface area contributed by atoms with Crippen LogP contribution in [-0.4, -0.2) is 27.8 Å². The van der Waals surface area contributed by atoms with E-state index in [4.69, 9.17) is 5.73 Å². The van der Waals surface area contributed by atoms with Gasteiger partial charge in [-0.25, -0.2) is 0 Å². The molecule has 0 spiro atoms. The van der Waals surface area contributed by atoms with Crippen LogP contribution in [0.15, 0.2) is 54.7 Å². The summed E-state index contributed by atoms with van der Waals surface area (Å²) in [6.45, 7) is 0.617. The van der Waals surface area contributed by atoms with Crippen molar-refractivity contribution in [1.82, 2.24) is 4.57 Å². The van der Waals surface area contributed by atoms with Gasteiger partial charge in [0.2, 0.25) is 5.91 Å². The van der Waals surface area contributed by atoms with Crippen LogP contribution in [0, 0.1) is 0 Å². The molecule has 0 aliphatic heterocycles. The van der Waals surface area contributed by atoms with E-state index in [9.17, 15) is 19.5 Å². The molecule has 1 atom stereocenters. The zero-order chi connectivity index (χ0) is 19.4. The molecule has 3 rings (SSSR count). The number of primary amides is 1. The number of carbonyl (C=O) groups is 3. The highest BCUT2D eigenvalue weighted by Gasteiger charge is 2.21. The first-order valence-electron chi connectivity index (χ1n) is 8.60. The highest BCUT2D eigenvalue weighted by atomic mass is 16.4. The van der Waals surface area contributed by atoms with Crippen LogP contribution in [0.3, 0.4) is 0 Å². The molecule has 1 heterocycles. The van der Waals surface area contributed by atoms with Crippen molar-refractivity contribution in [3.63, 3.8) is 0 Å². The number of carboxylic acids is 1. The molecule has 0 fully saturated rings. The van der Waals surface area contributed by atoms with Crippen LogP contribution in [0.5, 0.6) is 0 Å². The van der Waals surface area contributed by atoms with Crippen molar-refractivity contribution >= 4 is 29.1 Å². The molecule has 138 valence electrons. The standard InChI is InChI=1S/C21H20N2O4/c22-20(25)11-16-13-23(12-14-4-2-1-3-5-14)19-7-6-15(10-18(16)19)17(8-9-24)21(26)27/h1-7,9-10,13,17H,8,11-12H2,(H2,22,25)(H,26,27). The highest BCUT2D eigenvalue weighted by molar-refractivity contribution is 5.91. The Hall–Kier alpha value is -3.41. The monoisotopic (exact) mass is 364 g/mol. The molecule has 6 heteroatoms. The van der Waals surface area contributed by atoms with Crippen LogP contribution < -0.4 is 5.73 Å². The number of rotatable bonds is 8. The maximum atomic E-state index is 11.5. The number of benzene rings is 2. The molecule has 0 saturated carbocycles. The lowest BCUT2D eigenvalue weighted by molar-refractivity contribution is -0.139. The maximum Gasteiger partial charge on any atom is 0.311 e. The lowest BCUT2D eigenvalue weighted by Gasteiger charge is -2.11. The van der Waals surface area contributed by atoms with Crippen molar-refractivity contribution in [2.75, 3.05) is 0 Å². The number of aromatic nitrogens is 1. The second-order valence-electron chi connectivity index (χ2n) is 6.48. The Morgan fingerprint density at radius 2 is 1.89 bits per heavy atom. The molecule has 1 unspecified atom stereocenters. The van der Waals surface area contributed by atoms with Gasteiger partial charge in [-0.1, -0.05) is 36.4 Å². The van der Waals surface area contributed by atoms with Crippen molar-refractivity contribution in [3.8, 4) is 0 Å². The lowest BCUT2D eigenvalue weighted by Crippen LogP contribution is -2.13. The Balaban J connectivity index is 2.09. The number of fused-ring (bicyclic) bond motifs is 1. The number of carbonyl (C=O) groups excluding carboxylic acids is 2. The molecule has 0 radical (unpaired) electrons. The summed E-state index contributed by atoms with van der Waals surface area (Å²) in [4.78, 5) is 33.8. The van der Waals surface area contributed by atoms with Crippen molar-refractivity contribution in [2.45, 2.75) is 25.3 Å². The largest absolute Gasteiger partial charge is 0.481 e. The molecule has 1 amide bonds. The quantitative estimate of drug-likeness (QED) is 0.599. The van der Waals surface area contributed by atoms with Crippen LogP contribution in [0.25, 0.3) is 10.9 Å². The fourth-order valence-corrected chi connectivity index (χ4v) is 3.32. The van der Waals surface area contributed by atoms with Gasteiger partial charge >= 0.3 is 5.97 Å². The Bertz CT molecular complexity index is 992. The van der Waals surface area contributed by atoms with Gasteiger partial charge in [-0.3, -0.25) is 9.59 Å². The molecule has 1 aromatic heterocycles. The van der Waals surface area contributed by atoms with Crippen LogP contribution in [0.2, 0.25) is 0 Å². The van der Waals surface area contributed by atoms with Gasteiger partial charge in [0, 0.05) is 30.1 Å². The molecule has 6 nitrogen and oxygen atoms in total. The van der Waals surface area contributed by atoms with E-state index in [1.54, 1.807) is 12.1 Å². The smallest absolute Gasteiger partial charge is 0.311 e. The van der Waals surface area contributed by atoms with Gasteiger partial charge in [-0.05, 0) is 28.8 Å². The molecule has 2 aromatic carbocycles. The van der Waals surface area contributed by atoms with Crippen molar-refractivity contribution in [3.05, 3.63) is 71.4 Å². The van der Waals surface area contributed by atoms with E-state index in [-0.39, 0.29) is 12.8 Å². The summed E-state index contributed by atoms with van der Waals surface area (Å²) in [7, 11) is 0. The molecule has 0 aliphatic carbocycles. The molecule has 3 N–H and O–H groups in total. The molecule has 27 heavy (non-hydrogen) atoms. The third-order valence-electron chi connectivity index (χ3n) is 4.58. The number of hydrogen-bond acceptors (Lipinski definition) is 3. The van der Waals surface area contributed by atoms with Gasteiger partial charge in [0.1, 0.15) is 6.29 Å². The summed E-state index contributed by atoms with van der Waals surface area (Å²) in [6.07, 6.45) is 2.44. The van der Waals surface area contributed by atoms with Gasteiger partial charge in [-0.15, -0.1) is 0 Å². The second-order valence-corrected chi connectivity index (χ2v) is 6.48. The topological polar surface area (TPSA) is 102 Å². The maximum absolute atomic E-state index is 11.5. The molecule has 3 aromatic rings. The average Bonchev–Trinajstić information content (AvgIpc) is 2.96. The van der Waals surface area contributed by atoms with E-state index >= 15 is 0 Å². The molecular weight excluding hydrogens is 344 g/mol. The van der Waals surface area contributed by atoms with Gasteiger partial charge in [0.05, 0.1) is 12.3 Å². The van der Waals surface area contributed by atoms with E-state index in [0.29, 0.717) is 18.4 Å². The van der Waals surface area contributed by atoms with Crippen molar-refractivity contribution < 1.29 is 19.5 Å². The third-order valence-corrected chi connectivity index (χ3v) is 4.58. The van der Waals surface area contributed by atoms with Crippen LogP contribution in [-0.2, 0) is 27.3 Å². The Labute approximate surface area is 156 Å². The van der Waals surface area contributed by atoms with Crippen LogP contribution in [0.1, 0.15) is 29.0 Å². The van der Waals surface area contributed by atoms with Gasteiger partial charge in [0.25, 0.3) is 0 Å². The fourth-order valence-electron chi connectivity index (χ4n) is 3.32. The average molecular weight is 364 g/mol. The number of hydrogen-bond donors (Lipinski definition) is 2. The summed E-state index contributed by atoms with van der Waals surface area (Å²) >= 11 is 0. The minimum atomic E-state index is -1.05. The minimum absolute atomic E-state index is 0.0627.